The quantitative estimate of drug-likeness (QED) is 0.620. The molecule has 0 aromatic rings. The fourth-order valence-electron chi connectivity index (χ4n) is 0.144. The third kappa shape index (κ3) is 17.6. The lowest BCUT2D eigenvalue weighted by atomic mass is 10.7. The molecule has 0 aromatic carbocycles. The molecule has 0 radical (unpaired) electrons. The molecule has 0 heterocycles. The van der Waals surface area contributed by atoms with Crippen molar-refractivity contribution in [2.24, 2.45) is 0 Å². The molecule has 0 unspecified atom stereocenters. The maximum absolute atomic E-state index is 11.0. The highest BCUT2D eigenvalue weighted by Gasteiger charge is 2.29. The van der Waals surface area contributed by atoms with Gasteiger partial charge in [0.15, 0.2) is 6.61 Å². The Kier molecular flexibility index (Phi) is 6.72. The van der Waals surface area contributed by atoms with Crippen molar-refractivity contribution in [3.05, 3.63) is 0 Å². The average molecular weight is 174 g/mol. The van der Waals surface area contributed by atoms with Gasteiger partial charge in [-0.15, -0.1) is 0 Å². The smallest absolute Gasteiger partial charge is 0.450 e. The summed E-state index contributed by atoms with van der Waals surface area (Å²) in [4.78, 5) is 9.32. The van der Waals surface area contributed by atoms with Gasteiger partial charge in [-0.2, -0.15) is 13.2 Å². The standard InChI is InChI=1S/C3H3F3O3.C2H6/c4-3(5,6)1-9-2(7)8;1-2/h1H2,(H,7,8);1-2H3. The number of carbonyl (C=O) groups is 1. The minimum atomic E-state index is -4.57. The summed E-state index contributed by atoms with van der Waals surface area (Å²) in [6, 6.07) is 0. The van der Waals surface area contributed by atoms with Gasteiger partial charge in [0.25, 0.3) is 0 Å². The highest BCUT2D eigenvalue weighted by Crippen LogP contribution is 2.14. The van der Waals surface area contributed by atoms with E-state index in [1.807, 2.05) is 13.8 Å². The van der Waals surface area contributed by atoms with Gasteiger partial charge in [0.05, 0.1) is 0 Å². The normalized spacial score (nSPS) is 9.55. The summed E-state index contributed by atoms with van der Waals surface area (Å²) >= 11 is 0. The highest BCUT2D eigenvalue weighted by atomic mass is 19.4. The first-order valence-corrected chi connectivity index (χ1v) is 2.84. The molecule has 0 rings (SSSR count). The van der Waals surface area contributed by atoms with Crippen molar-refractivity contribution in [2.45, 2.75) is 20.0 Å². The summed E-state index contributed by atoms with van der Waals surface area (Å²) in [6.45, 7) is 2.25. The minimum Gasteiger partial charge on any atom is -0.450 e. The monoisotopic (exact) mass is 174 g/mol. The third-order valence-corrected chi connectivity index (χ3v) is 0.359. The maximum Gasteiger partial charge on any atom is 0.506 e. The van der Waals surface area contributed by atoms with Gasteiger partial charge >= 0.3 is 12.3 Å². The second-order valence-corrected chi connectivity index (χ2v) is 1.17. The first-order valence-electron chi connectivity index (χ1n) is 2.84. The molecule has 11 heavy (non-hydrogen) atoms. The molecule has 0 aliphatic carbocycles. The van der Waals surface area contributed by atoms with Gasteiger partial charge in [-0.05, 0) is 0 Å². The molecule has 0 atom stereocenters. The second-order valence-electron chi connectivity index (χ2n) is 1.17. The minimum absolute atomic E-state index is 1.75. The van der Waals surface area contributed by atoms with E-state index in [1.165, 1.54) is 0 Å². The molecular weight excluding hydrogens is 165 g/mol. The number of ether oxygens (including phenoxy) is 1. The van der Waals surface area contributed by atoms with Crippen molar-refractivity contribution < 1.29 is 27.8 Å². The van der Waals surface area contributed by atoms with Crippen LogP contribution < -0.4 is 0 Å². The number of halogens is 3. The van der Waals surface area contributed by atoms with Crippen LogP contribution in [0.15, 0.2) is 0 Å². The zero-order valence-electron chi connectivity index (χ0n) is 6.10. The SMILES string of the molecule is CC.O=C(O)OCC(F)(F)F. The van der Waals surface area contributed by atoms with Crippen molar-refractivity contribution in [2.75, 3.05) is 6.61 Å². The predicted octanol–water partition coefficient (Wildman–Crippen LogP) is 2.27. The Labute approximate surface area is 61.8 Å². The molecule has 3 nitrogen and oxygen atoms in total. The molecular formula is C5H9F3O3. The summed E-state index contributed by atoms with van der Waals surface area (Å²) in [5, 5.41) is 7.55. The summed E-state index contributed by atoms with van der Waals surface area (Å²) < 4.78 is 36.3. The first-order chi connectivity index (χ1) is 4.92. The molecule has 0 bridgehead atoms. The van der Waals surface area contributed by atoms with Gasteiger partial charge in [0.1, 0.15) is 0 Å². The Hall–Kier alpha value is -0.940. The lowest BCUT2D eigenvalue weighted by molar-refractivity contribution is -0.163. The lowest BCUT2D eigenvalue weighted by Gasteiger charge is -2.02. The number of alkyl halides is 3. The fourth-order valence-corrected chi connectivity index (χ4v) is 0.144. The van der Waals surface area contributed by atoms with Gasteiger partial charge in [-0.25, -0.2) is 4.79 Å². The Balaban J connectivity index is 0. The number of hydrogen-bond donors (Lipinski definition) is 1. The van der Waals surface area contributed by atoms with E-state index >= 15 is 0 Å². The molecule has 0 aliphatic rings. The number of rotatable bonds is 1. The molecule has 0 aromatic heterocycles. The lowest BCUT2D eigenvalue weighted by Crippen LogP contribution is -2.19. The van der Waals surface area contributed by atoms with Crippen LogP contribution in [0.1, 0.15) is 13.8 Å². The summed E-state index contributed by atoms with van der Waals surface area (Å²) in [5.41, 5.74) is 0. The Bertz CT molecular complexity index is 110. The number of carboxylic acid groups (broad SMARTS) is 1. The van der Waals surface area contributed by atoms with E-state index in [0.717, 1.165) is 0 Å². The molecule has 0 amide bonds. The van der Waals surface area contributed by atoms with E-state index < -0.39 is 18.9 Å². The van der Waals surface area contributed by atoms with Crippen LogP contribution in [0.5, 0.6) is 0 Å². The molecule has 0 saturated heterocycles. The molecule has 0 saturated carbocycles. The molecule has 6 heteroatoms. The van der Waals surface area contributed by atoms with Crippen molar-refractivity contribution in [3.8, 4) is 0 Å². The van der Waals surface area contributed by atoms with Crippen LogP contribution >= 0.6 is 0 Å². The molecule has 68 valence electrons. The largest absolute Gasteiger partial charge is 0.506 e. The van der Waals surface area contributed by atoms with Gasteiger partial charge < -0.3 is 9.84 Å². The van der Waals surface area contributed by atoms with E-state index in [-0.39, 0.29) is 0 Å². The molecule has 0 fully saturated rings. The summed E-state index contributed by atoms with van der Waals surface area (Å²) in [7, 11) is 0. The topological polar surface area (TPSA) is 46.5 Å². The van der Waals surface area contributed by atoms with Crippen LogP contribution in [0.2, 0.25) is 0 Å². The summed E-state index contributed by atoms with van der Waals surface area (Å²) in [6.07, 6.45) is -6.49. The van der Waals surface area contributed by atoms with Gasteiger partial charge in [-0.1, -0.05) is 13.8 Å². The first kappa shape index (κ1) is 12.7. The third-order valence-electron chi connectivity index (χ3n) is 0.359. The van der Waals surface area contributed by atoms with Crippen LogP contribution in [0.3, 0.4) is 0 Å². The predicted molar refractivity (Wildman–Crippen MR) is 31.4 cm³/mol. The van der Waals surface area contributed by atoms with Crippen molar-refractivity contribution in [3.63, 3.8) is 0 Å². The highest BCUT2D eigenvalue weighted by molar-refractivity contribution is 5.56. The van der Waals surface area contributed by atoms with Crippen LogP contribution in [0.25, 0.3) is 0 Å². The second kappa shape index (κ2) is 5.82. The average Bonchev–Trinajstić information content (AvgIpc) is 1.87. The van der Waals surface area contributed by atoms with E-state index in [9.17, 15) is 18.0 Å². The van der Waals surface area contributed by atoms with E-state index in [2.05, 4.69) is 4.74 Å². The Morgan fingerprint density at radius 3 is 1.91 bits per heavy atom. The van der Waals surface area contributed by atoms with Crippen molar-refractivity contribution >= 4 is 6.16 Å². The van der Waals surface area contributed by atoms with Crippen LogP contribution in [-0.4, -0.2) is 24.0 Å². The molecule has 1 N–H and O–H groups in total. The fraction of sp³-hybridized carbons (Fsp3) is 0.800. The van der Waals surface area contributed by atoms with Gasteiger partial charge in [0, 0.05) is 0 Å². The zero-order chi connectivity index (χ0) is 9.49. The zero-order valence-corrected chi connectivity index (χ0v) is 6.10. The maximum atomic E-state index is 11.0. The van der Waals surface area contributed by atoms with Crippen molar-refractivity contribution in [1.82, 2.24) is 0 Å². The van der Waals surface area contributed by atoms with Crippen LogP contribution in [0, 0.1) is 0 Å². The molecule has 0 aliphatic heterocycles. The van der Waals surface area contributed by atoms with Gasteiger partial charge in [-0.3, -0.25) is 0 Å². The van der Waals surface area contributed by atoms with E-state index in [1.54, 1.807) is 0 Å². The van der Waals surface area contributed by atoms with Crippen LogP contribution in [0.4, 0.5) is 18.0 Å². The Morgan fingerprint density at radius 2 is 1.82 bits per heavy atom. The number of hydrogen-bond acceptors (Lipinski definition) is 2. The van der Waals surface area contributed by atoms with Crippen molar-refractivity contribution in [1.29, 1.82) is 0 Å². The van der Waals surface area contributed by atoms with E-state index in [4.69, 9.17) is 5.11 Å². The summed E-state index contributed by atoms with van der Waals surface area (Å²) in [5.74, 6) is 0. The van der Waals surface area contributed by atoms with Crippen LogP contribution in [-0.2, 0) is 4.74 Å². The molecule has 0 spiro atoms. The Morgan fingerprint density at radius 1 is 1.45 bits per heavy atom. The van der Waals surface area contributed by atoms with E-state index in [0.29, 0.717) is 0 Å². The van der Waals surface area contributed by atoms with Gasteiger partial charge in [0.2, 0.25) is 0 Å².